The van der Waals surface area contributed by atoms with Crippen LogP contribution in [0.15, 0.2) is 23.4 Å². The van der Waals surface area contributed by atoms with Gasteiger partial charge in [0.1, 0.15) is 5.56 Å². The number of aromatic nitrogens is 4. The number of anilines is 2. The monoisotopic (exact) mass is 525 g/mol. The van der Waals surface area contributed by atoms with E-state index in [1.807, 2.05) is 0 Å². The van der Waals surface area contributed by atoms with Crippen LogP contribution in [0.25, 0.3) is 0 Å². The summed E-state index contributed by atoms with van der Waals surface area (Å²) in [5, 5.41) is 7.68. The molecule has 0 bridgehead atoms. The van der Waals surface area contributed by atoms with Crippen LogP contribution in [0.4, 0.5) is 38.0 Å². The van der Waals surface area contributed by atoms with Crippen LogP contribution in [-0.4, -0.2) is 75.2 Å². The molecule has 35 heavy (non-hydrogen) atoms. The van der Waals surface area contributed by atoms with Gasteiger partial charge in [-0.25, -0.2) is 15.1 Å². The van der Waals surface area contributed by atoms with Crippen molar-refractivity contribution in [1.29, 1.82) is 0 Å². The lowest BCUT2D eigenvalue weighted by Crippen LogP contribution is -2.49. The minimum atomic E-state index is -4.82. The lowest BCUT2D eigenvalue weighted by molar-refractivity contribution is -0.139. The van der Waals surface area contributed by atoms with Crippen molar-refractivity contribution in [3.8, 4) is 0 Å². The standard InChI is InChI=1S/C19H21F6N7O2S/c20-18(21,22)12-9-27-17(28-10-12)32-5-3-31(4-6-32)14(33)1-7-35-8-2-26-13-11-29-30-16(34)15(13)19(23,24)25/h9-11H,1-8H2,(H2,26,30,34). The molecule has 2 aromatic rings. The second-order valence-electron chi connectivity index (χ2n) is 7.41. The summed E-state index contributed by atoms with van der Waals surface area (Å²) in [6.45, 7) is 1.62. The summed E-state index contributed by atoms with van der Waals surface area (Å²) in [4.78, 5) is 34.7. The molecule has 0 spiro atoms. The predicted molar refractivity (Wildman–Crippen MR) is 116 cm³/mol. The molecule has 1 amide bonds. The molecule has 1 saturated heterocycles. The zero-order chi connectivity index (χ0) is 25.6. The highest BCUT2D eigenvalue weighted by Crippen LogP contribution is 2.31. The lowest BCUT2D eigenvalue weighted by atomic mass is 10.2. The minimum absolute atomic E-state index is 0.100. The normalized spacial score (nSPS) is 14.8. The first kappa shape index (κ1) is 26.6. The fourth-order valence-electron chi connectivity index (χ4n) is 3.28. The summed E-state index contributed by atoms with van der Waals surface area (Å²) >= 11 is 1.36. The van der Waals surface area contributed by atoms with E-state index in [0.717, 1.165) is 18.6 Å². The van der Waals surface area contributed by atoms with Crippen molar-refractivity contribution in [2.24, 2.45) is 0 Å². The van der Waals surface area contributed by atoms with Gasteiger partial charge in [-0.05, 0) is 0 Å². The van der Waals surface area contributed by atoms with E-state index in [9.17, 15) is 35.9 Å². The fraction of sp³-hybridized carbons (Fsp3) is 0.526. The minimum Gasteiger partial charge on any atom is -0.382 e. The Morgan fingerprint density at radius 2 is 1.66 bits per heavy atom. The van der Waals surface area contributed by atoms with Gasteiger partial charge in [0.15, 0.2) is 0 Å². The van der Waals surface area contributed by atoms with Gasteiger partial charge in [0.05, 0.1) is 17.4 Å². The number of piperazine rings is 1. The Bertz CT molecular complexity index is 1050. The molecule has 16 heteroatoms. The number of hydrogen-bond donors (Lipinski definition) is 2. The molecule has 0 unspecified atom stereocenters. The smallest absolute Gasteiger partial charge is 0.382 e. The number of hydrogen-bond acceptors (Lipinski definition) is 8. The number of aromatic amines is 1. The summed E-state index contributed by atoms with van der Waals surface area (Å²) in [6, 6.07) is 0. The number of rotatable bonds is 8. The largest absolute Gasteiger partial charge is 0.423 e. The number of H-pyrrole nitrogens is 1. The molecule has 0 aromatic carbocycles. The van der Waals surface area contributed by atoms with E-state index in [1.165, 1.54) is 11.8 Å². The first-order chi connectivity index (χ1) is 16.5. The maximum atomic E-state index is 13.0. The first-order valence-corrected chi connectivity index (χ1v) is 11.5. The Balaban J connectivity index is 1.36. The Kier molecular flexibility index (Phi) is 8.45. The number of halogens is 6. The molecule has 0 aliphatic carbocycles. The van der Waals surface area contributed by atoms with Gasteiger partial charge in [-0.15, -0.1) is 0 Å². The van der Waals surface area contributed by atoms with Gasteiger partial charge in [-0.2, -0.15) is 43.2 Å². The third-order valence-corrected chi connectivity index (χ3v) is 6.03. The molecule has 0 atom stereocenters. The van der Waals surface area contributed by atoms with E-state index in [2.05, 4.69) is 20.4 Å². The van der Waals surface area contributed by atoms with Crippen LogP contribution in [-0.2, 0) is 17.1 Å². The number of carbonyl (C=O) groups excluding carboxylic acids is 1. The van der Waals surface area contributed by atoms with E-state index in [4.69, 9.17) is 0 Å². The first-order valence-electron chi connectivity index (χ1n) is 10.4. The number of alkyl halides is 6. The summed E-state index contributed by atoms with van der Waals surface area (Å²) in [5.74, 6) is 0.910. The third kappa shape index (κ3) is 7.22. The molecule has 0 radical (unpaired) electrons. The van der Waals surface area contributed by atoms with E-state index in [0.29, 0.717) is 37.7 Å². The van der Waals surface area contributed by atoms with Crippen molar-refractivity contribution in [2.75, 3.05) is 54.4 Å². The van der Waals surface area contributed by atoms with Crippen molar-refractivity contribution >= 4 is 29.3 Å². The molecule has 1 aliphatic heterocycles. The van der Waals surface area contributed by atoms with Crippen molar-refractivity contribution in [1.82, 2.24) is 25.1 Å². The summed E-state index contributed by atoms with van der Waals surface area (Å²) < 4.78 is 76.9. The maximum Gasteiger partial charge on any atom is 0.423 e. The van der Waals surface area contributed by atoms with Crippen LogP contribution in [0, 0.1) is 0 Å². The molecule has 1 fully saturated rings. The second kappa shape index (κ2) is 11.1. The summed E-state index contributed by atoms with van der Waals surface area (Å²) in [6.07, 6.45) is -6.76. The molecule has 9 nitrogen and oxygen atoms in total. The van der Waals surface area contributed by atoms with Gasteiger partial charge in [-0.3, -0.25) is 9.59 Å². The Labute approximate surface area is 199 Å². The van der Waals surface area contributed by atoms with Crippen LogP contribution in [0.1, 0.15) is 17.5 Å². The van der Waals surface area contributed by atoms with Crippen LogP contribution < -0.4 is 15.8 Å². The SMILES string of the molecule is O=C(CCSCCNc1cn[nH]c(=O)c1C(F)(F)F)N1CCN(c2ncc(C(F)(F)F)cn2)CC1. The Morgan fingerprint density at radius 1 is 1.00 bits per heavy atom. The van der Waals surface area contributed by atoms with Crippen molar-refractivity contribution in [3.63, 3.8) is 0 Å². The van der Waals surface area contributed by atoms with Gasteiger partial charge in [0.25, 0.3) is 5.56 Å². The highest BCUT2D eigenvalue weighted by atomic mass is 32.2. The maximum absolute atomic E-state index is 13.0. The molecule has 2 aromatic heterocycles. The zero-order valence-electron chi connectivity index (χ0n) is 18.1. The molecule has 3 rings (SSSR count). The number of carbonyl (C=O) groups is 1. The predicted octanol–water partition coefficient (Wildman–Crippen LogP) is 2.48. The number of amides is 1. The zero-order valence-corrected chi connectivity index (χ0v) is 18.9. The van der Waals surface area contributed by atoms with E-state index in [-0.39, 0.29) is 24.8 Å². The number of nitrogens with one attached hydrogen (secondary N) is 2. The Hall–Kier alpha value is -3.04. The molecular weight excluding hydrogens is 504 g/mol. The molecule has 3 heterocycles. The molecule has 2 N–H and O–H groups in total. The van der Waals surface area contributed by atoms with Crippen molar-refractivity contribution in [2.45, 2.75) is 18.8 Å². The van der Waals surface area contributed by atoms with E-state index < -0.39 is 34.7 Å². The van der Waals surface area contributed by atoms with Crippen LogP contribution in [0.2, 0.25) is 0 Å². The van der Waals surface area contributed by atoms with Gasteiger partial charge in [0, 0.05) is 63.0 Å². The van der Waals surface area contributed by atoms with Gasteiger partial charge >= 0.3 is 12.4 Å². The molecule has 192 valence electrons. The van der Waals surface area contributed by atoms with Crippen LogP contribution in [0.5, 0.6) is 0 Å². The average Bonchev–Trinajstić information content (AvgIpc) is 2.80. The van der Waals surface area contributed by atoms with Crippen LogP contribution in [0.3, 0.4) is 0 Å². The van der Waals surface area contributed by atoms with Crippen molar-refractivity contribution < 1.29 is 31.1 Å². The summed E-state index contributed by atoms with van der Waals surface area (Å²) in [5.41, 5.74) is -4.01. The molecule has 1 aliphatic rings. The van der Waals surface area contributed by atoms with Gasteiger partial charge in [0.2, 0.25) is 11.9 Å². The van der Waals surface area contributed by atoms with Gasteiger partial charge < -0.3 is 15.1 Å². The van der Waals surface area contributed by atoms with Gasteiger partial charge in [-0.1, -0.05) is 0 Å². The fourth-order valence-corrected chi connectivity index (χ4v) is 4.05. The quantitative estimate of drug-likeness (QED) is 0.400. The van der Waals surface area contributed by atoms with E-state index in [1.54, 1.807) is 14.9 Å². The topological polar surface area (TPSA) is 107 Å². The second-order valence-corrected chi connectivity index (χ2v) is 8.64. The van der Waals surface area contributed by atoms with Crippen LogP contribution >= 0.6 is 11.8 Å². The average molecular weight is 525 g/mol. The molecule has 0 saturated carbocycles. The number of nitrogens with zero attached hydrogens (tertiary/aromatic N) is 5. The number of thioether (sulfide) groups is 1. The molecular formula is C19H21F6N7O2S. The highest BCUT2D eigenvalue weighted by Gasteiger charge is 2.37. The lowest BCUT2D eigenvalue weighted by Gasteiger charge is -2.34. The van der Waals surface area contributed by atoms with Crippen molar-refractivity contribution in [3.05, 3.63) is 40.1 Å². The summed E-state index contributed by atoms with van der Waals surface area (Å²) in [7, 11) is 0. The highest BCUT2D eigenvalue weighted by molar-refractivity contribution is 7.99. The Morgan fingerprint density at radius 3 is 2.26 bits per heavy atom. The third-order valence-electron chi connectivity index (χ3n) is 5.04. The van der Waals surface area contributed by atoms with E-state index >= 15 is 0 Å².